The number of fused-ring (bicyclic) bond motifs is 1. The van der Waals surface area contributed by atoms with E-state index in [9.17, 15) is 0 Å². The van der Waals surface area contributed by atoms with E-state index in [1.165, 1.54) is 5.57 Å². The van der Waals surface area contributed by atoms with Crippen molar-refractivity contribution in [3.8, 4) is 0 Å². The Balaban J connectivity index is 2.07. The Morgan fingerprint density at radius 3 is 3.20 bits per heavy atom. The van der Waals surface area contributed by atoms with Crippen LogP contribution < -0.4 is 0 Å². The Morgan fingerprint density at radius 1 is 1.40 bits per heavy atom. The molecule has 4 nitrogen and oxygen atoms in total. The van der Waals surface area contributed by atoms with Gasteiger partial charge in [0.25, 0.3) is 0 Å². The average Bonchev–Trinajstić information content (AvgIpc) is 2.74. The highest BCUT2D eigenvalue weighted by Crippen LogP contribution is 2.23. The van der Waals surface area contributed by atoms with Crippen LogP contribution in [0.3, 0.4) is 0 Å². The Morgan fingerprint density at radius 2 is 2.40 bits per heavy atom. The van der Waals surface area contributed by atoms with Crippen LogP contribution in [0.25, 0.3) is 16.6 Å². The van der Waals surface area contributed by atoms with E-state index < -0.39 is 0 Å². The van der Waals surface area contributed by atoms with Gasteiger partial charge in [-0.1, -0.05) is 6.08 Å². The highest BCUT2D eigenvalue weighted by Gasteiger charge is 2.09. The summed E-state index contributed by atoms with van der Waals surface area (Å²) in [5.41, 5.74) is 3.33. The lowest BCUT2D eigenvalue weighted by atomic mass is 10.1. The van der Waals surface area contributed by atoms with E-state index in [0.717, 1.165) is 29.8 Å². The molecule has 1 N–H and O–H groups in total. The molecule has 0 saturated carbocycles. The van der Waals surface area contributed by atoms with Gasteiger partial charge < -0.3 is 9.72 Å². The maximum Gasteiger partial charge on any atom is 0.141 e. The summed E-state index contributed by atoms with van der Waals surface area (Å²) in [6, 6.07) is 2.09. The number of aromatic amines is 1. The molecule has 0 saturated heterocycles. The molecule has 0 unspecified atom stereocenters. The van der Waals surface area contributed by atoms with E-state index in [2.05, 4.69) is 27.1 Å². The van der Waals surface area contributed by atoms with Crippen molar-refractivity contribution >= 4 is 16.6 Å². The largest absolute Gasteiger partial charge is 0.377 e. The molecule has 0 atom stereocenters. The summed E-state index contributed by atoms with van der Waals surface area (Å²) >= 11 is 0. The molecule has 1 aliphatic heterocycles. The Hall–Kier alpha value is -1.68. The normalized spacial score (nSPS) is 16.7. The van der Waals surface area contributed by atoms with E-state index in [-0.39, 0.29) is 0 Å². The zero-order chi connectivity index (χ0) is 10.1. The topological polar surface area (TPSA) is 50.8 Å². The average molecular weight is 201 g/mol. The molecule has 0 aliphatic carbocycles. The molecule has 3 rings (SSSR count). The second-order valence-electron chi connectivity index (χ2n) is 3.56. The van der Waals surface area contributed by atoms with E-state index in [4.69, 9.17) is 4.74 Å². The number of hydrogen-bond donors (Lipinski definition) is 1. The van der Waals surface area contributed by atoms with Crippen LogP contribution in [-0.4, -0.2) is 28.2 Å². The van der Waals surface area contributed by atoms with Gasteiger partial charge in [0.05, 0.1) is 13.2 Å². The molecule has 1 aliphatic rings. The molecular formula is C11H11N3O. The fourth-order valence-corrected chi connectivity index (χ4v) is 1.81. The van der Waals surface area contributed by atoms with Gasteiger partial charge in [0.2, 0.25) is 0 Å². The van der Waals surface area contributed by atoms with Gasteiger partial charge in [-0.15, -0.1) is 0 Å². The van der Waals surface area contributed by atoms with Crippen LogP contribution in [0.15, 0.2) is 24.7 Å². The first kappa shape index (κ1) is 8.61. The minimum Gasteiger partial charge on any atom is -0.377 e. The Kier molecular flexibility index (Phi) is 1.99. The number of nitrogens with one attached hydrogen (secondary N) is 1. The highest BCUT2D eigenvalue weighted by atomic mass is 16.5. The number of ether oxygens (including phenoxy) is 1. The molecule has 0 amide bonds. The molecule has 0 aromatic carbocycles. The number of rotatable bonds is 1. The zero-order valence-corrected chi connectivity index (χ0v) is 8.23. The molecular weight excluding hydrogens is 190 g/mol. The maximum absolute atomic E-state index is 5.28. The zero-order valence-electron chi connectivity index (χ0n) is 8.23. The SMILES string of the molecule is C1=C(c2cc3cncnc3[nH]2)CCOC1. The van der Waals surface area contributed by atoms with Gasteiger partial charge in [-0.3, -0.25) is 0 Å². The van der Waals surface area contributed by atoms with Gasteiger partial charge in [-0.05, 0) is 18.1 Å². The van der Waals surface area contributed by atoms with Gasteiger partial charge in [-0.2, -0.15) is 0 Å². The fraction of sp³-hybridized carbons (Fsp3) is 0.273. The third-order valence-electron chi connectivity index (χ3n) is 2.60. The van der Waals surface area contributed by atoms with Crippen molar-refractivity contribution in [2.75, 3.05) is 13.2 Å². The Bertz CT molecular complexity index is 482. The van der Waals surface area contributed by atoms with E-state index in [1.807, 2.05) is 6.20 Å². The second-order valence-corrected chi connectivity index (χ2v) is 3.56. The summed E-state index contributed by atoms with van der Waals surface area (Å²) in [5, 5.41) is 1.06. The third-order valence-corrected chi connectivity index (χ3v) is 2.60. The number of H-pyrrole nitrogens is 1. The highest BCUT2D eigenvalue weighted by molar-refractivity contribution is 5.81. The summed E-state index contributed by atoms with van der Waals surface area (Å²) in [6.07, 6.45) is 6.45. The van der Waals surface area contributed by atoms with Crippen LogP contribution in [0, 0.1) is 0 Å². The maximum atomic E-state index is 5.28. The van der Waals surface area contributed by atoms with Crippen molar-refractivity contribution in [3.63, 3.8) is 0 Å². The molecule has 2 aromatic heterocycles. The molecule has 0 radical (unpaired) electrons. The third kappa shape index (κ3) is 1.53. The summed E-state index contributed by atoms with van der Waals surface area (Å²) in [7, 11) is 0. The van der Waals surface area contributed by atoms with Crippen molar-refractivity contribution in [3.05, 3.63) is 30.4 Å². The molecule has 76 valence electrons. The van der Waals surface area contributed by atoms with Gasteiger partial charge in [-0.25, -0.2) is 9.97 Å². The standard InChI is InChI=1S/C11H11N3O/c1-3-15-4-2-8(1)10-5-9-6-12-7-13-11(9)14-10/h1,5-7H,2-4H2,(H,12,13,14). The second kappa shape index (κ2) is 3.47. The molecule has 15 heavy (non-hydrogen) atoms. The van der Waals surface area contributed by atoms with E-state index in [0.29, 0.717) is 6.61 Å². The number of aromatic nitrogens is 3. The summed E-state index contributed by atoms with van der Waals surface area (Å²) in [6.45, 7) is 1.50. The quantitative estimate of drug-likeness (QED) is 0.764. The first-order chi connectivity index (χ1) is 7.43. The lowest BCUT2D eigenvalue weighted by molar-refractivity contribution is 0.161. The predicted octanol–water partition coefficient (Wildman–Crippen LogP) is 1.76. The first-order valence-electron chi connectivity index (χ1n) is 4.99. The first-order valence-corrected chi connectivity index (χ1v) is 4.99. The minimum absolute atomic E-state index is 0.705. The summed E-state index contributed by atoms with van der Waals surface area (Å²) < 4.78 is 5.28. The summed E-state index contributed by atoms with van der Waals surface area (Å²) in [4.78, 5) is 11.5. The minimum atomic E-state index is 0.705. The van der Waals surface area contributed by atoms with Crippen molar-refractivity contribution in [2.24, 2.45) is 0 Å². The number of nitrogens with zero attached hydrogens (tertiary/aromatic N) is 2. The molecule has 4 heteroatoms. The van der Waals surface area contributed by atoms with Gasteiger partial charge in [0.15, 0.2) is 0 Å². The molecule has 0 bridgehead atoms. The fourth-order valence-electron chi connectivity index (χ4n) is 1.81. The lowest BCUT2D eigenvalue weighted by Gasteiger charge is -2.11. The van der Waals surface area contributed by atoms with Gasteiger partial charge >= 0.3 is 0 Å². The molecule has 0 fully saturated rings. The van der Waals surface area contributed by atoms with Crippen LogP contribution in [0.4, 0.5) is 0 Å². The molecule has 3 heterocycles. The van der Waals surface area contributed by atoms with Crippen LogP contribution in [0.5, 0.6) is 0 Å². The van der Waals surface area contributed by atoms with Crippen molar-refractivity contribution < 1.29 is 4.74 Å². The summed E-state index contributed by atoms with van der Waals surface area (Å²) in [5.74, 6) is 0. The lowest BCUT2D eigenvalue weighted by Crippen LogP contribution is -2.03. The van der Waals surface area contributed by atoms with Crippen molar-refractivity contribution in [2.45, 2.75) is 6.42 Å². The van der Waals surface area contributed by atoms with Crippen LogP contribution in [-0.2, 0) is 4.74 Å². The van der Waals surface area contributed by atoms with E-state index in [1.54, 1.807) is 6.33 Å². The van der Waals surface area contributed by atoms with Crippen LogP contribution >= 0.6 is 0 Å². The monoisotopic (exact) mass is 201 g/mol. The Labute approximate surface area is 87.0 Å². The number of hydrogen-bond acceptors (Lipinski definition) is 3. The molecule has 2 aromatic rings. The van der Waals surface area contributed by atoms with Crippen LogP contribution in [0.1, 0.15) is 12.1 Å². The van der Waals surface area contributed by atoms with Crippen molar-refractivity contribution in [1.29, 1.82) is 0 Å². The molecule has 0 spiro atoms. The van der Waals surface area contributed by atoms with E-state index >= 15 is 0 Å². The predicted molar refractivity (Wildman–Crippen MR) is 57.3 cm³/mol. The van der Waals surface area contributed by atoms with Crippen LogP contribution in [0.2, 0.25) is 0 Å². The smallest absolute Gasteiger partial charge is 0.141 e. The van der Waals surface area contributed by atoms with Gasteiger partial charge in [0, 0.05) is 17.3 Å². The van der Waals surface area contributed by atoms with Crippen molar-refractivity contribution in [1.82, 2.24) is 15.0 Å². The van der Waals surface area contributed by atoms with Gasteiger partial charge in [0.1, 0.15) is 12.0 Å².